The summed E-state index contributed by atoms with van der Waals surface area (Å²) in [5.74, 6) is -1.89. The third-order valence-electron chi connectivity index (χ3n) is 2.72. The van der Waals surface area contributed by atoms with Gasteiger partial charge in [0.2, 0.25) is 0 Å². The van der Waals surface area contributed by atoms with Crippen LogP contribution in [0.2, 0.25) is 0 Å². The number of halogens is 4. The van der Waals surface area contributed by atoms with Crippen LogP contribution in [-0.2, 0) is 11.2 Å². The minimum absolute atomic E-state index is 0.107. The van der Waals surface area contributed by atoms with Crippen molar-refractivity contribution in [1.29, 1.82) is 0 Å². The fourth-order valence-corrected chi connectivity index (χ4v) is 1.82. The van der Waals surface area contributed by atoms with Gasteiger partial charge in [0.15, 0.2) is 11.6 Å². The Kier molecular flexibility index (Phi) is 4.01. The Morgan fingerprint density at radius 1 is 1.40 bits per heavy atom. The number of benzene rings is 1. The summed E-state index contributed by atoms with van der Waals surface area (Å²) >= 11 is 0. The van der Waals surface area contributed by atoms with Gasteiger partial charge in [0.25, 0.3) is 6.02 Å². The van der Waals surface area contributed by atoms with Crippen molar-refractivity contribution in [3.05, 3.63) is 29.6 Å². The van der Waals surface area contributed by atoms with E-state index in [4.69, 9.17) is 10.5 Å². The molecule has 1 heterocycles. The second-order valence-corrected chi connectivity index (χ2v) is 4.28. The highest BCUT2D eigenvalue weighted by Gasteiger charge is 2.32. The average Bonchev–Trinajstić information content (AvgIpc) is 2.74. The topological polar surface area (TPSA) is 56.8 Å². The second kappa shape index (κ2) is 5.56. The van der Waals surface area contributed by atoms with E-state index in [0.717, 1.165) is 12.1 Å². The maximum Gasteiger partial charge on any atom is 0.573 e. The number of aliphatic imine (C=N–C) groups is 1. The average molecular weight is 292 g/mol. The molecule has 110 valence electrons. The summed E-state index contributed by atoms with van der Waals surface area (Å²) in [6, 6.07) is 3.36. The highest BCUT2D eigenvalue weighted by Crippen LogP contribution is 2.27. The molecule has 1 aromatic rings. The van der Waals surface area contributed by atoms with E-state index in [1.54, 1.807) is 0 Å². The monoisotopic (exact) mass is 292 g/mol. The van der Waals surface area contributed by atoms with Crippen LogP contribution in [0.1, 0.15) is 12.0 Å². The summed E-state index contributed by atoms with van der Waals surface area (Å²) in [7, 11) is 0. The van der Waals surface area contributed by atoms with Crippen molar-refractivity contribution in [2.45, 2.75) is 25.2 Å². The Balaban J connectivity index is 2.00. The Labute approximate surface area is 112 Å². The summed E-state index contributed by atoms with van der Waals surface area (Å²) in [6.45, 7) is 0.346. The van der Waals surface area contributed by atoms with E-state index in [1.165, 1.54) is 6.07 Å². The van der Waals surface area contributed by atoms with Gasteiger partial charge in [0.1, 0.15) is 6.61 Å². The van der Waals surface area contributed by atoms with Crippen LogP contribution in [0, 0.1) is 5.82 Å². The summed E-state index contributed by atoms with van der Waals surface area (Å²) in [4.78, 5) is 3.99. The number of alkyl halides is 3. The third kappa shape index (κ3) is 4.01. The van der Waals surface area contributed by atoms with Crippen molar-refractivity contribution in [3.8, 4) is 5.75 Å². The molecule has 0 saturated carbocycles. The first-order valence-corrected chi connectivity index (χ1v) is 5.84. The molecular formula is C12H12F4N2O2. The van der Waals surface area contributed by atoms with Gasteiger partial charge in [-0.15, -0.1) is 13.2 Å². The van der Waals surface area contributed by atoms with Crippen LogP contribution < -0.4 is 10.5 Å². The number of nitrogens with zero attached hydrogens (tertiary/aromatic N) is 1. The normalized spacial score (nSPS) is 18.6. The molecule has 1 unspecified atom stereocenters. The SMILES string of the molecule is NC1=NC(CCc2ccc(F)c(OC(F)(F)F)c2)CO1. The minimum atomic E-state index is -4.92. The van der Waals surface area contributed by atoms with Gasteiger partial charge in [-0.25, -0.2) is 9.38 Å². The molecule has 0 fully saturated rings. The molecule has 1 atom stereocenters. The first-order chi connectivity index (χ1) is 9.33. The highest BCUT2D eigenvalue weighted by atomic mass is 19.4. The Morgan fingerprint density at radius 2 is 2.15 bits per heavy atom. The molecule has 0 spiro atoms. The summed E-state index contributed by atoms with van der Waals surface area (Å²) in [6.07, 6.45) is -3.96. The van der Waals surface area contributed by atoms with Crippen LogP contribution in [0.5, 0.6) is 5.75 Å². The van der Waals surface area contributed by atoms with Gasteiger partial charge in [-0.1, -0.05) is 6.07 Å². The van der Waals surface area contributed by atoms with Crippen molar-refractivity contribution in [3.63, 3.8) is 0 Å². The molecule has 1 aliphatic heterocycles. The molecule has 1 aromatic carbocycles. The van der Waals surface area contributed by atoms with Crippen LogP contribution in [0.4, 0.5) is 17.6 Å². The zero-order valence-corrected chi connectivity index (χ0v) is 10.3. The van der Waals surface area contributed by atoms with E-state index in [9.17, 15) is 17.6 Å². The molecule has 0 aromatic heterocycles. The molecule has 0 bridgehead atoms. The van der Waals surface area contributed by atoms with Gasteiger partial charge in [-0.05, 0) is 30.5 Å². The number of nitrogens with two attached hydrogens (primary N) is 1. The Bertz CT molecular complexity index is 517. The van der Waals surface area contributed by atoms with Gasteiger partial charge in [0, 0.05) is 0 Å². The molecule has 2 rings (SSSR count). The standard InChI is InChI=1S/C12H12F4N2O2/c13-9-4-2-7(5-10(9)20-12(14,15)16)1-3-8-6-19-11(17)18-8/h2,4-5,8H,1,3,6H2,(H2,17,18). The first kappa shape index (κ1) is 14.4. The largest absolute Gasteiger partial charge is 0.573 e. The lowest BCUT2D eigenvalue weighted by Gasteiger charge is -2.11. The molecule has 2 N–H and O–H groups in total. The maximum atomic E-state index is 13.2. The lowest BCUT2D eigenvalue weighted by Crippen LogP contribution is -2.18. The molecule has 0 saturated heterocycles. The van der Waals surface area contributed by atoms with E-state index >= 15 is 0 Å². The van der Waals surface area contributed by atoms with Crippen molar-refractivity contribution < 1.29 is 27.0 Å². The summed E-state index contributed by atoms with van der Waals surface area (Å²) < 4.78 is 58.1. The Hall–Kier alpha value is -1.99. The van der Waals surface area contributed by atoms with Crippen LogP contribution in [0.3, 0.4) is 0 Å². The van der Waals surface area contributed by atoms with Gasteiger partial charge in [-0.3, -0.25) is 0 Å². The number of ether oxygens (including phenoxy) is 2. The fourth-order valence-electron chi connectivity index (χ4n) is 1.82. The number of hydrogen-bond acceptors (Lipinski definition) is 4. The number of hydrogen-bond donors (Lipinski definition) is 1. The maximum absolute atomic E-state index is 13.2. The zero-order chi connectivity index (χ0) is 14.8. The first-order valence-electron chi connectivity index (χ1n) is 5.84. The van der Waals surface area contributed by atoms with Crippen molar-refractivity contribution in [1.82, 2.24) is 0 Å². The van der Waals surface area contributed by atoms with Crippen molar-refractivity contribution >= 4 is 6.02 Å². The van der Waals surface area contributed by atoms with Gasteiger partial charge >= 0.3 is 6.36 Å². The van der Waals surface area contributed by atoms with E-state index in [1.807, 2.05) is 0 Å². The summed E-state index contributed by atoms with van der Waals surface area (Å²) in [5, 5.41) is 0. The van der Waals surface area contributed by atoms with E-state index < -0.39 is 17.9 Å². The predicted octanol–water partition coefficient (Wildman–Crippen LogP) is 2.37. The lowest BCUT2D eigenvalue weighted by atomic mass is 10.1. The van der Waals surface area contributed by atoms with Gasteiger partial charge in [-0.2, -0.15) is 0 Å². The molecule has 0 aliphatic carbocycles. The number of rotatable bonds is 4. The van der Waals surface area contributed by atoms with Crippen LogP contribution in [0.25, 0.3) is 0 Å². The van der Waals surface area contributed by atoms with Gasteiger partial charge in [0.05, 0.1) is 6.04 Å². The predicted molar refractivity (Wildman–Crippen MR) is 62.8 cm³/mol. The third-order valence-corrected chi connectivity index (χ3v) is 2.72. The van der Waals surface area contributed by atoms with E-state index in [2.05, 4.69) is 9.73 Å². The smallest absolute Gasteiger partial charge is 0.463 e. The second-order valence-electron chi connectivity index (χ2n) is 4.28. The molecule has 8 heteroatoms. The van der Waals surface area contributed by atoms with Crippen LogP contribution >= 0.6 is 0 Å². The number of amidine groups is 1. The molecule has 20 heavy (non-hydrogen) atoms. The fraction of sp³-hybridized carbons (Fsp3) is 0.417. The van der Waals surface area contributed by atoms with E-state index in [-0.39, 0.29) is 12.1 Å². The highest BCUT2D eigenvalue weighted by molar-refractivity contribution is 5.72. The molecular weight excluding hydrogens is 280 g/mol. The molecule has 0 amide bonds. The van der Waals surface area contributed by atoms with Crippen molar-refractivity contribution in [2.75, 3.05) is 6.61 Å². The molecule has 1 aliphatic rings. The van der Waals surface area contributed by atoms with Crippen molar-refractivity contribution in [2.24, 2.45) is 10.7 Å². The molecule has 4 nitrogen and oxygen atoms in total. The minimum Gasteiger partial charge on any atom is -0.463 e. The van der Waals surface area contributed by atoms with E-state index in [0.29, 0.717) is 25.0 Å². The van der Waals surface area contributed by atoms with Crippen LogP contribution in [0.15, 0.2) is 23.2 Å². The summed E-state index contributed by atoms with van der Waals surface area (Å²) in [5.41, 5.74) is 5.86. The van der Waals surface area contributed by atoms with Gasteiger partial charge < -0.3 is 15.2 Å². The molecule has 0 radical (unpaired) electrons. The number of aryl methyl sites for hydroxylation is 1. The quantitative estimate of drug-likeness (QED) is 0.867. The van der Waals surface area contributed by atoms with Crippen LogP contribution in [-0.4, -0.2) is 25.0 Å². The lowest BCUT2D eigenvalue weighted by molar-refractivity contribution is -0.275. The zero-order valence-electron chi connectivity index (χ0n) is 10.3. The Morgan fingerprint density at radius 3 is 2.75 bits per heavy atom.